The standard InChI is InChI=1S/C13H16N2O2/c1-3-17-12-6-4-10(5-7-12)13-14-8-11(9-16)15(13)2/h4-8,16H,3,9H2,1-2H3. The quantitative estimate of drug-likeness (QED) is 0.876. The normalized spacial score (nSPS) is 10.5. The minimum Gasteiger partial charge on any atom is -0.494 e. The van der Waals surface area contributed by atoms with Crippen molar-refractivity contribution in [2.24, 2.45) is 7.05 Å². The predicted octanol–water partition coefficient (Wildman–Crippen LogP) is 1.98. The maximum absolute atomic E-state index is 9.11. The van der Waals surface area contributed by atoms with E-state index in [-0.39, 0.29) is 6.61 Å². The van der Waals surface area contributed by atoms with E-state index in [2.05, 4.69) is 4.98 Å². The summed E-state index contributed by atoms with van der Waals surface area (Å²) in [7, 11) is 1.89. The summed E-state index contributed by atoms with van der Waals surface area (Å²) in [6, 6.07) is 7.78. The van der Waals surface area contributed by atoms with Crippen molar-refractivity contribution < 1.29 is 9.84 Å². The summed E-state index contributed by atoms with van der Waals surface area (Å²) in [6.45, 7) is 2.62. The van der Waals surface area contributed by atoms with Gasteiger partial charge >= 0.3 is 0 Å². The molecule has 0 unspecified atom stereocenters. The van der Waals surface area contributed by atoms with Gasteiger partial charge in [-0.15, -0.1) is 0 Å². The average Bonchev–Trinajstić information content (AvgIpc) is 2.72. The molecule has 0 saturated heterocycles. The van der Waals surface area contributed by atoms with E-state index in [0.29, 0.717) is 6.61 Å². The van der Waals surface area contributed by atoms with Crippen molar-refractivity contribution >= 4 is 0 Å². The second-order valence-electron chi connectivity index (χ2n) is 3.75. The van der Waals surface area contributed by atoms with E-state index in [1.165, 1.54) is 0 Å². The number of ether oxygens (including phenoxy) is 1. The highest BCUT2D eigenvalue weighted by Gasteiger charge is 2.07. The van der Waals surface area contributed by atoms with Gasteiger partial charge in [-0.25, -0.2) is 4.98 Å². The molecule has 17 heavy (non-hydrogen) atoms. The molecule has 0 saturated carbocycles. The summed E-state index contributed by atoms with van der Waals surface area (Å²) in [4.78, 5) is 4.29. The second kappa shape index (κ2) is 5.01. The second-order valence-corrected chi connectivity index (χ2v) is 3.75. The Labute approximate surface area is 100 Å². The molecular weight excluding hydrogens is 216 g/mol. The van der Waals surface area contributed by atoms with Gasteiger partial charge < -0.3 is 14.4 Å². The third-order valence-electron chi connectivity index (χ3n) is 2.67. The van der Waals surface area contributed by atoms with Crippen LogP contribution in [0, 0.1) is 0 Å². The SMILES string of the molecule is CCOc1ccc(-c2ncc(CO)n2C)cc1. The first-order valence-corrected chi connectivity index (χ1v) is 5.61. The third-order valence-corrected chi connectivity index (χ3v) is 2.67. The fourth-order valence-corrected chi connectivity index (χ4v) is 1.73. The highest BCUT2D eigenvalue weighted by atomic mass is 16.5. The van der Waals surface area contributed by atoms with Gasteiger partial charge in [-0.2, -0.15) is 0 Å². The van der Waals surface area contributed by atoms with Crippen molar-refractivity contribution in [1.82, 2.24) is 9.55 Å². The van der Waals surface area contributed by atoms with Crippen molar-refractivity contribution in [2.75, 3.05) is 6.61 Å². The van der Waals surface area contributed by atoms with E-state index < -0.39 is 0 Å². The zero-order valence-electron chi connectivity index (χ0n) is 10.1. The van der Waals surface area contributed by atoms with E-state index in [9.17, 15) is 0 Å². The molecular formula is C13H16N2O2. The van der Waals surface area contributed by atoms with Crippen LogP contribution in [0.25, 0.3) is 11.4 Å². The molecule has 0 spiro atoms. The Bertz CT molecular complexity index is 489. The van der Waals surface area contributed by atoms with Crippen molar-refractivity contribution in [3.63, 3.8) is 0 Å². The van der Waals surface area contributed by atoms with Crippen LogP contribution in [0.1, 0.15) is 12.6 Å². The van der Waals surface area contributed by atoms with Crippen LogP contribution in [0.4, 0.5) is 0 Å². The molecule has 4 heteroatoms. The van der Waals surface area contributed by atoms with E-state index >= 15 is 0 Å². The Kier molecular flexibility index (Phi) is 3.44. The Morgan fingerprint density at radius 3 is 2.53 bits per heavy atom. The highest BCUT2D eigenvalue weighted by Crippen LogP contribution is 2.21. The van der Waals surface area contributed by atoms with Crippen LogP contribution in [0.3, 0.4) is 0 Å². The number of aliphatic hydroxyl groups is 1. The van der Waals surface area contributed by atoms with E-state index in [4.69, 9.17) is 9.84 Å². The monoisotopic (exact) mass is 232 g/mol. The fraction of sp³-hybridized carbons (Fsp3) is 0.308. The van der Waals surface area contributed by atoms with Gasteiger partial charge in [0.2, 0.25) is 0 Å². The largest absolute Gasteiger partial charge is 0.494 e. The number of nitrogens with zero attached hydrogens (tertiary/aromatic N) is 2. The molecule has 2 rings (SSSR count). The van der Waals surface area contributed by atoms with Crippen molar-refractivity contribution in [1.29, 1.82) is 0 Å². The van der Waals surface area contributed by atoms with Gasteiger partial charge in [0.15, 0.2) is 0 Å². The summed E-state index contributed by atoms with van der Waals surface area (Å²) < 4.78 is 7.27. The van der Waals surface area contributed by atoms with Crippen LogP contribution in [0.15, 0.2) is 30.5 Å². The predicted molar refractivity (Wildman–Crippen MR) is 65.7 cm³/mol. The molecule has 1 aromatic heterocycles. The molecule has 1 heterocycles. The Balaban J connectivity index is 2.30. The number of rotatable bonds is 4. The van der Waals surface area contributed by atoms with Crippen molar-refractivity contribution in [2.45, 2.75) is 13.5 Å². The molecule has 90 valence electrons. The summed E-state index contributed by atoms with van der Waals surface area (Å²) in [6.07, 6.45) is 1.69. The lowest BCUT2D eigenvalue weighted by atomic mass is 10.2. The molecule has 4 nitrogen and oxygen atoms in total. The lowest BCUT2D eigenvalue weighted by Gasteiger charge is -2.06. The topological polar surface area (TPSA) is 47.3 Å². The van der Waals surface area contributed by atoms with Gasteiger partial charge in [0.05, 0.1) is 25.1 Å². The molecule has 0 aliphatic heterocycles. The zero-order chi connectivity index (χ0) is 12.3. The number of benzene rings is 1. The molecule has 1 aromatic carbocycles. The first kappa shape index (κ1) is 11.7. The van der Waals surface area contributed by atoms with Gasteiger partial charge in [0.1, 0.15) is 11.6 Å². The Morgan fingerprint density at radius 2 is 2.00 bits per heavy atom. The van der Waals surface area contributed by atoms with Crippen LogP contribution in [-0.4, -0.2) is 21.3 Å². The van der Waals surface area contributed by atoms with E-state index in [0.717, 1.165) is 22.8 Å². The number of imidazole rings is 1. The van der Waals surface area contributed by atoms with Crippen LogP contribution < -0.4 is 4.74 Å². The van der Waals surface area contributed by atoms with Gasteiger partial charge in [-0.05, 0) is 31.2 Å². The molecule has 0 fully saturated rings. The lowest BCUT2D eigenvalue weighted by Crippen LogP contribution is -1.98. The van der Waals surface area contributed by atoms with Gasteiger partial charge in [-0.3, -0.25) is 0 Å². The molecule has 0 atom stereocenters. The average molecular weight is 232 g/mol. The maximum atomic E-state index is 9.11. The number of hydrogen-bond donors (Lipinski definition) is 1. The smallest absolute Gasteiger partial charge is 0.139 e. The van der Waals surface area contributed by atoms with Crippen LogP contribution in [0.2, 0.25) is 0 Å². The van der Waals surface area contributed by atoms with E-state index in [1.54, 1.807) is 6.20 Å². The third kappa shape index (κ3) is 2.31. The summed E-state index contributed by atoms with van der Waals surface area (Å²) >= 11 is 0. The Hall–Kier alpha value is -1.81. The summed E-state index contributed by atoms with van der Waals surface area (Å²) in [5.74, 6) is 1.70. The van der Waals surface area contributed by atoms with Gasteiger partial charge in [-0.1, -0.05) is 0 Å². The summed E-state index contributed by atoms with van der Waals surface area (Å²) in [5, 5.41) is 9.11. The number of aromatic nitrogens is 2. The molecule has 0 aliphatic carbocycles. The molecule has 0 aliphatic rings. The van der Waals surface area contributed by atoms with Crippen molar-refractivity contribution in [3.8, 4) is 17.1 Å². The minimum absolute atomic E-state index is 0.000525. The van der Waals surface area contributed by atoms with Crippen LogP contribution in [0.5, 0.6) is 5.75 Å². The first-order chi connectivity index (χ1) is 8.26. The van der Waals surface area contributed by atoms with Crippen molar-refractivity contribution in [3.05, 3.63) is 36.2 Å². The van der Waals surface area contributed by atoms with Gasteiger partial charge in [0.25, 0.3) is 0 Å². The molecule has 0 radical (unpaired) electrons. The number of aliphatic hydroxyl groups excluding tert-OH is 1. The molecule has 0 amide bonds. The first-order valence-electron chi connectivity index (χ1n) is 5.61. The van der Waals surface area contributed by atoms with Gasteiger partial charge in [0, 0.05) is 12.6 Å². The molecule has 1 N–H and O–H groups in total. The fourth-order valence-electron chi connectivity index (χ4n) is 1.73. The minimum atomic E-state index is 0.000525. The Morgan fingerprint density at radius 1 is 1.29 bits per heavy atom. The van der Waals surface area contributed by atoms with Crippen LogP contribution in [-0.2, 0) is 13.7 Å². The van der Waals surface area contributed by atoms with Crippen LogP contribution >= 0.6 is 0 Å². The summed E-state index contributed by atoms with van der Waals surface area (Å²) in [5.41, 5.74) is 1.81. The van der Waals surface area contributed by atoms with E-state index in [1.807, 2.05) is 42.8 Å². The maximum Gasteiger partial charge on any atom is 0.139 e. The zero-order valence-corrected chi connectivity index (χ0v) is 10.1. The lowest BCUT2D eigenvalue weighted by molar-refractivity contribution is 0.273. The number of hydrogen-bond acceptors (Lipinski definition) is 3. The molecule has 2 aromatic rings. The molecule has 0 bridgehead atoms. The highest BCUT2D eigenvalue weighted by molar-refractivity contribution is 5.57.